The van der Waals surface area contributed by atoms with Gasteiger partial charge in [0, 0.05) is 48.7 Å². The van der Waals surface area contributed by atoms with Gasteiger partial charge in [0.25, 0.3) is 11.8 Å². The fourth-order valence-electron chi connectivity index (χ4n) is 7.21. The van der Waals surface area contributed by atoms with Crippen molar-refractivity contribution < 1.29 is 38.3 Å². The zero-order valence-corrected chi connectivity index (χ0v) is 31.7. The number of fused-ring (bicyclic) bond motifs is 8. The average molecular weight is 799 g/mol. The molecule has 1 N–H and O–H groups in total. The Morgan fingerprint density at radius 3 is 1.81 bits per heavy atom. The van der Waals surface area contributed by atoms with Gasteiger partial charge in [-0.25, -0.2) is 19.6 Å². The summed E-state index contributed by atoms with van der Waals surface area (Å²) in [7, 11) is 0. The number of nitrogens with zero attached hydrogens (tertiary/aromatic N) is 6. The summed E-state index contributed by atoms with van der Waals surface area (Å²) in [6.07, 6.45) is 5.74. The van der Waals surface area contributed by atoms with Crippen molar-refractivity contribution >= 4 is 0 Å². The standard InChI is InChI=1S/C23H21N3O5.C20H17N3O5/c1-2-10-28-16-5-6-18-15(11-16)7-9-26-19(18)12-21(25-23(26)27)29-13-17-14-30-22-20(31-17)4-3-8-24-22;24-13-3-4-15-12(8-13)5-7-23-16(15)9-18(22-20(23)25)26-10-14-11-27-19-17(28-14)2-1-6-21-19/h2-6,8,11-12,17H,1,7,9-10,13-14H2;1-4,6,8-9,14,24H,5,7,10-11H2/t17-;14-/m11/s1. The van der Waals surface area contributed by atoms with Crippen molar-refractivity contribution in [3.8, 4) is 69.0 Å². The molecule has 4 aliphatic rings. The van der Waals surface area contributed by atoms with Crippen LogP contribution in [0.4, 0.5) is 0 Å². The Morgan fingerprint density at radius 2 is 1.25 bits per heavy atom. The number of pyridine rings is 2. The minimum Gasteiger partial charge on any atom is -0.508 e. The van der Waals surface area contributed by atoms with E-state index in [1.54, 1.807) is 82.2 Å². The van der Waals surface area contributed by atoms with E-state index in [-0.39, 0.29) is 54.3 Å². The summed E-state index contributed by atoms with van der Waals surface area (Å²) >= 11 is 0. The molecule has 4 aromatic heterocycles. The van der Waals surface area contributed by atoms with Crippen molar-refractivity contribution in [2.75, 3.05) is 33.0 Å². The van der Waals surface area contributed by atoms with E-state index >= 15 is 0 Å². The zero-order chi connectivity index (χ0) is 40.3. The molecule has 0 saturated carbocycles. The first kappa shape index (κ1) is 37.2. The van der Waals surface area contributed by atoms with E-state index in [0.29, 0.717) is 62.6 Å². The van der Waals surface area contributed by atoms with Gasteiger partial charge in [-0.05, 0) is 84.6 Å². The number of benzene rings is 2. The molecule has 0 amide bonds. The number of phenols is 1. The summed E-state index contributed by atoms with van der Waals surface area (Å²) in [6.45, 7) is 6.19. The Labute approximate surface area is 336 Å². The molecule has 4 aliphatic heterocycles. The molecular formula is C43H38N6O10. The van der Waals surface area contributed by atoms with Gasteiger partial charge in [-0.3, -0.25) is 9.13 Å². The van der Waals surface area contributed by atoms with E-state index in [1.165, 1.54) is 0 Å². The molecule has 0 bridgehead atoms. The summed E-state index contributed by atoms with van der Waals surface area (Å²) in [5, 5.41) is 9.71. The second-order valence-electron chi connectivity index (χ2n) is 13.9. The predicted octanol–water partition coefficient (Wildman–Crippen LogP) is 4.43. The van der Waals surface area contributed by atoms with Gasteiger partial charge in [-0.2, -0.15) is 9.97 Å². The molecule has 0 saturated heterocycles. The second-order valence-corrected chi connectivity index (χ2v) is 13.9. The van der Waals surface area contributed by atoms with Crippen LogP contribution in [0.25, 0.3) is 22.5 Å². The number of hydrogen-bond acceptors (Lipinski definition) is 14. The van der Waals surface area contributed by atoms with Crippen molar-refractivity contribution in [1.29, 1.82) is 0 Å². The van der Waals surface area contributed by atoms with Crippen LogP contribution in [0.3, 0.4) is 0 Å². The van der Waals surface area contributed by atoms with Crippen LogP contribution in [0.5, 0.6) is 46.5 Å². The molecule has 16 heteroatoms. The first-order valence-electron chi connectivity index (χ1n) is 19.1. The highest BCUT2D eigenvalue weighted by atomic mass is 16.6. The highest BCUT2D eigenvalue weighted by molar-refractivity contribution is 5.68. The van der Waals surface area contributed by atoms with Gasteiger partial charge >= 0.3 is 11.4 Å². The summed E-state index contributed by atoms with van der Waals surface area (Å²) in [5.74, 6) is 3.56. The number of rotatable bonds is 9. The smallest absolute Gasteiger partial charge is 0.351 e. The van der Waals surface area contributed by atoms with E-state index in [1.807, 2.05) is 18.2 Å². The third-order valence-electron chi connectivity index (χ3n) is 9.98. The molecule has 59 heavy (non-hydrogen) atoms. The van der Waals surface area contributed by atoms with Crippen molar-refractivity contribution in [2.45, 2.75) is 38.1 Å². The first-order chi connectivity index (χ1) is 28.9. The minimum atomic E-state index is -0.360. The molecule has 0 unspecified atom stereocenters. The SMILES string of the molecule is C=CCOc1ccc2c(c1)CCn1c-2cc(OC[C@@H]2COc3ncccc3O2)nc1=O.O=c1nc(OC[C@@H]2COc3ncccc3O2)cc2n1CCc1cc(O)ccc1-2. The van der Waals surface area contributed by atoms with Gasteiger partial charge in [0.2, 0.25) is 11.8 Å². The molecule has 6 aromatic rings. The van der Waals surface area contributed by atoms with Crippen molar-refractivity contribution in [2.24, 2.45) is 0 Å². The van der Waals surface area contributed by atoms with Gasteiger partial charge in [-0.1, -0.05) is 12.7 Å². The normalized spacial score (nSPS) is 16.4. The highest BCUT2D eigenvalue weighted by Gasteiger charge is 2.26. The first-order valence-corrected chi connectivity index (χ1v) is 19.1. The number of phenolic OH excluding ortho intramolecular Hbond substituents is 1. The summed E-state index contributed by atoms with van der Waals surface area (Å²) in [4.78, 5) is 41.4. The molecule has 0 radical (unpaired) electrons. The van der Waals surface area contributed by atoms with Crippen LogP contribution in [-0.4, -0.2) is 79.4 Å². The Hall–Kier alpha value is -7.36. The molecule has 0 spiro atoms. The Kier molecular flexibility index (Phi) is 10.3. The van der Waals surface area contributed by atoms with E-state index in [0.717, 1.165) is 45.8 Å². The molecule has 2 atom stereocenters. The van der Waals surface area contributed by atoms with Crippen molar-refractivity contribution in [1.82, 2.24) is 29.1 Å². The second kappa shape index (κ2) is 16.2. The van der Waals surface area contributed by atoms with E-state index in [9.17, 15) is 14.7 Å². The van der Waals surface area contributed by atoms with Crippen molar-refractivity contribution in [3.63, 3.8) is 0 Å². The molecule has 0 fully saturated rings. The van der Waals surface area contributed by atoms with Gasteiger partial charge < -0.3 is 38.3 Å². The topological polar surface area (TPSA) is 180 Å². The molecule has 0 aliphatic carbocycles. The lowest BCUT2D eigenvalue weighted by atomic mass is 9.97. The molecule has 16 nitrogen and oxygen atoms in total. The summed E-state index contributed by atoms with van der Waals surface area (Å²) in [6, 6.07) is 21.7. The predicted molar refractivity (Wildman–Crippen MR) is 212 cm³/mol. The van der Waals surface area contributed by atoms with Crippen molar-refractivity contribution in [3.05, 3.63) is 130 Å². The van der Waals surface area contributed by atoms with Crippen LogP contribution in [0.1, 0.15) is 11.1 Å². The lowest BCUT2D eigenvalue weighted by Gasteiger charge is -2.25. The fraction of sp³-hybridized carbons (Fsp3) is 0.256. The molecule has 2 aromatic carbocycles. The van der Waals surface area contributed by atoms with E-state index in [4.69, 9.17) is 33.2 Å². The maximum absolute atomic E-state index is 12.6. The molecule has 300 valence electrons. The van der Waals surface area contributed by atoms with Crippen LogP contribution in [0, 0.1) is 0 Å². The third kappa shape index (κ3) is 7.97. The molecule has 8 heterocycles. The van der Waals surface area contributed by atoms with Gasteiger partial charge in [0.15, 0.2) is 23.7 Å². The fourth-order valence-corrected chi connectivity index (χ4v) is 7.21. The third-order valence-corrected chi connectivity index (χ3v) is 9.98. The monoisotopic (exact) mass is 798 g/mol. The number of ether oxygens (including phenoxy) is 7. The minimum absolute atomic E-state index is 0.187. The summed E-state index contributed by atoms with van der Waals surface area (Å²) in [5.41, 5.74) is 4.79. The largest absolute Gasteiger partial charge is 0.508 e. The number of aromatic hydroxyl groups is 1. The van der Waals surface area contributed by atoms with Gasteiger partial charge in [0.1, 0.15) is 44.5 Å². The number of aryl methyl sites for hydroxylation is 2. The van der Waals surface area contributed by atoms with Crippen LogP contribution in [0.15, 0.2) is 107 Å². The highest BCUT2D eigenvalue weighted by Crippen LogP contribution is 2.35. The van der Waals surface area contributed by atoms with Crippen LogP contribution in [0.2, 0.25) is 0 Å². The van der Waals surface area contributed by atoms with Gasteiger partial charge in [0.05, 0.1) is 11.4 Å². The molecular weight excluding hydrogens is 761 g/mol. The number of hydrogen-bond donors (Lipinski definition) is 1. The lowest BCUT2D eigenvalue weighted by molar-refractivity contribution is 0.0486. The Balaban J connectivity index is 0.000000153. The quantitative estimate of drug-likeness (QED) is 0.203. The maximum Gasteiger partial charge on any atom is 0.351 e. The van der Waals surface area contributed by atoms with Crippen LogP contribution < -0.4 is 44.5 Å². The van der Waals surface area contributed by atoms with Crippen LogP contribution >= 0.6 is 0 Å². The van der Waals surface area contributed by atoms with E-state index < -0.39 is 0 Å². The Morgan fingerprint density at radius 1 is 0.712 bits per heavy atom. The Bertz CT molecular complexity index is 2660. The molecule has 10 rings (SSSR count). The number of aromatic nitrogens is 6. The lowest BCUT2D eigenvalue weighted by Crippen LogP contribution is -2.35. The van der Waals surface area contributed by atoms with Gasteiger partial charge in [-0.15, -0.1) is 0 Å². The summed E-state index contributed by atoms with van der Waals surface area (Å²) < 4.78 is 43.3. The average Bonchev–Trinajstić information content (AvgIpc) is 3.26. The zero-order valence-electron chi connectivity index (χ0n) is 31.7. The van der Waals surface area contributed by atoms with Crippen LogP contribution in [-0.2, 0) is 25.9 Å². The maximum atomic E-state index is 12.6. The van der Waals surface area contributed by atoms with E-state index in [2.05, 4.69) is 26.5 Å².